The van der Waals surface area contributed by atoms with Gasteiger partial charge in [-0.15, -0.1) is 0 Å². The molecule has 0 aliphatic rings. The maximum absolute atomic E-state index is 13.2. The summed E-state index contributed by atoms with van der Waals surface area (Å²) in [5, 5.41) is 10.8. The Morgan fingerprint density at radius 1 is 1.50 bits per heavy atom. The minimum Gasteiger partial charge on any atom is -0.478 e. The van der Waals surface area contributed by atoms with Crippen molar-refractivity contribution in [3.05, 3.63) is 29.6 Å². The van der Waals surface area contributed by atoms with Crippen molar-refractivity contribution >= 4 is 17.7 Å². The van der Waals surface area contributed by atoms with Gasteiger partial charge in [-0.2, -0.15) is 0 Å². The third-order valence-electron chi connectivity index (χ3n) is 1.72. The number of rotatable bonds is 3. The third-order valence-corrected chi connectivity index (χ3v) is 1.72. The van der Waals surface area contributed by atoms with Crippen molar-refractivity contribution in [1.82, 2.24) is 0 Å². The monoisotopic (exact) mass is 227 g/mol. The number of carbonyl (C=O) groups is 2. The molecule has 0 bridgehead atoms. The maximum Gasteiger partial charge on any atom is 0.411 e. The Balaban J connectivity index is 2.81. The van der Waals surface area contributed by atoms with Crippen LogP contribution in [0.15, 0.2) is 18.2 Å². The van der Waals surface area contributed by atoms with Gasteiger partial charge in [0, 0.05) is 5.69 Å². The minimum absolute atomic E-state index is 0.140. The number of anilines is 1. The van der Waals surface area contributed by atoms with Crippen molar-refractivity contribution < 1.29 is 23.8 Å². The van der Waals surface area contributed by atoms with Gasteiger partial charge < -0.3 is 9.84 Å². The number of aromatic carboxylic acids is 1. The van der Waals surface area contributed by atoms with E-state index in [1.54, 1.807) is 6.92 Å². The highest BCUT2D eigenvalue weighted by Gasteiger charge is 2.11. The van der Waals surface area contributed by atoms with Crippen LogP contribution in [0.25, 0.3) is 0 Å². The van der Waals surface area contributed by atoms with Crippen molar-refractivity contribution in [3.8, 4) is 0 Å². The van der Waals surface area contributed by atoms with Crippen LogP contribution in [0, 0.1) is 5.82 Å². The molecule has 2 N–H and O–H groups in total. The number of ether oxygens (including phenoxy) is 1. The second-order valence-electron chi connectivity index (χ2n) is 2.85. The molecular weight excluding hydrogens is 217 g/mol. The molecular formula is C10H10FNO4. The number of hydrogen-bond donors (Lipinski definition) is 2. The number of carbonyl (C=O) groups excluding carboxylic acids is 1. The molecule has 1 rings (SSSR count). The lowest BCUT2D eigenvalue weighted by Gasteiger charge is -2.05. The average Bonchev–Trinajstić information content (AvgIpc) is 2.17. The van der Waals surface area contributed by atoms with Crippen LogP contribution in [-0.2, 0) is 4.74 Å². The third kappa shape index (κ3) is 2.94. The molecule has 16 heavy (non-hydrogen) atoms. The summed E-state index contributed by atoms with van der Waals surface area (Å²) in [6.45, 7) is 1.83. The number of nitrogens with one attached hydrogen (secondary N) is 1. The average molecular weight is 227 g/mol. The summed E-state index contributed by atoms with van der Waals surface area (Å²) in [7, 11) is 0. The second kappa shape index (κ2) is 5.11. The van der Waals surface area contributed by atoms with Gasteiger partial charge in [0.2, 0.25) is 0 Å². The fraction of sp³-hybridized carbons (Fsp3) is 0.200. The van der Waals surface area contributed by atoms with Crippen LogP contribution in [0.4, 0.5) is 14.9 Å². The maximum atomic E-state index is 13.2. The van der Waals surface area contributed by atoms with Crippen molar-refractivity contribution in [1.29, 1.82) is 0 Å². The first-order valence-corrected chi connectivity index (χ1v) is 4.51. The summed E-state index contributed by atoms with van der Waals surface area (Å²) in [5.41, 5.74) is -0.310. The standard InChI is InChI=1S/C10H10FNO4/c1-2-16-10(15)12-6-3-4-7(9(13)14)8(11)5-6/h3-5H,2H2,1H3,(H,12,15)(H,13,14). The molecule has 0 aliphatic heterocycles. The molecule has 0 aliphatic carbocycles. The van der Waals surface area contributed by atoms with Gasteiger partial charge >= 0.3 is 12.1 Å². The highest BCUT2D eigenvalue weighted by molar-refractivity contribution is 5.90. The van der Waals surface area contributed by atoms with E-state index in [1.165, 1.54) is 6.07 Å². The first kappa shape index (κ1) is 12.0. The number of carboxylic acid groups (broad SMARTS) is 1. The van der Waals surface area contributed by atoms with Crippen LogP contribution in [0.5, 0.6) is 0 Å². The number of hydrogen-bond acceptors (Lipinski definition) is 3. The van der Waals surface area contributed by atoms with Crippen molar-refractivity contribution in [2.45, 2.75) is 6.92 Å². The topological polar surface area (TPSA) is 75.6 Å². The van der Waals surface area contributed by atoms with Crippen LogP contribution < -0.4 is 5.32 Å². The summed E-state index contributed by atoms with van der Waals surface area (Å²) in [6.07, 6.45) is -0.718. The number of carboxylic acids is 1. The molecule has 0 heterocycles. The van der Waals surface area contributed by atoms with Gasteiger partial charge in [-0.1, -0.05) is 0 Å². The van der Waals surface area contributed by atoms with Crippen LogP contribution in [0.3, 0.4) is 0 Å². The normalized spacial score (nSPS) is 9.62. The first-order chi connectivity index (χ1) is 7.54. The van der Waals surface area contributed by atoms with E-state index in [-0.39, 0.29) is 12.3 Å². The van der Waals surface area contributed by atoms with Crippen molar-refractivity contribution in [2.75, 3.05) is 11.9 Å². The summed E-state index contributed by atoms with van der Waals surface area (Å²) in [4.78, 5) is 21.5. The van der Waals surface area contributed by atoms with E-state index in [2.05, 4.69) is 10.1 Å². The Morgan fingerprint density at radius 2 is 2.19 bits per heavy atom. The number of halogens is 1. The molecule has 0 aromatic heterocycles. The van der Waals surface area contributed by atoms with Crippen LogP contribution in [0.2, 0.25) is 0 Å². The van der Waals surface area contributed by atoms with Crippen molar-refractivity contribution in [3.63, 3.8) is 0 Å². The van der Waals surface area contributed by atoms with E-state index < -0.39 is 23.4 Å². The Bertz CT molecular complexity index is 419. The molecule has 0 atom stereocenters. The van der Waals surface area contributed by atoms with E-state index in [1.807, 2.05) is 0 Å². The van der Waals surface area contributed by atoms with Gasteiger partial charge in [-0.05, 0) is 25.1 Å². The largest absolute Gasteiger partial charge is 0.478 e. The Kier molecular flexibility index (Phi) is 3.82. The Hall–Kier alpha value is -2.11. The molecule has 0 fully saturated rings. The van der Waals surface area contributed by atoms with Crippen molar-refractivity contribution in [2.24, 2.45) is 0 Å². The quantitative estimate of drug-likeness (QED) is 0.828. The summed E-state index contributed by atoms with van der Waals surface area (Å²) in [6, 6.07) is 3.27. The minimum atomic E-state index is -1.36. The lowest BCUT2D eigenvalue weighted by Crippen LogP contribution is -2.13. The molecule has 0 radical (unpaired) electrons. The van der Waals surface area contributed by atoms with E-state index in [0.29, 0.717) is 0 Å². The first-order valence-electron chi connectivity index (χ1n) is 4.51. The fourth-order valence-corrected chi connectivity index (χ4v) is 1.05. The summed E-state index contributed by atoms with van der Waals surface area (Å²) < 4.78 is 17.7. The molecule has 0 saturated carbocycles. The van der Waals surface area contributed by atoms with Crippen LogP contribution in [0.1, 0.15) is 17.3 Å². The highest BCUT2D eigenvalue weighted by atomic mass is 19.1. The zero-order valence-electron chi connectivity index (χ0n) is 8.49. The second-order valence-corrected chi connectivity index (χ2v) is 2.85. The molecule has 0 spiro atoms. The fourth-order valence-electron chi connectivity index (χ4n) is 1.05. The summed E-state index contributed by atoms with van der Waals surface area (Å²) in [5.74, 6) is -2.28. The number of benzene rings is 1. The molecule has 1 amide bonds. The molecule has 1 aromatic carbocycles. The SMILES string of the molecule is CCOC(=O)Nc1ccc(C(=O)O)c(F)c1. The van der Waals surface area contributed by atoms with E-state index in [4.69, 9.17) is 5.11 Å². The predicted molar refractivity (Wildman–Crippen MR) is 54.0 cm³/mol. The smallest absolute Gasteiger partial charge is 0.411 e. The number of amides is 1. The highest BCUT2D eigenvalue weighted by Crippen LogP contribution is 2.14. The van der Waals surface area contributed by atoms with E-state index in [0.717, 1.165) is 12.1 Å². The van der Waals surface area contributed by atoms with Gasteiger partial charge in [-0.25, -0.2) is 14.0 Å². The molecule has 1 aromatic rings. The lowest BCUT2D eigenvalue weighted by molar-refractivity contribution is 0.0692. The molecule has 0 unspecified atom stereocenters. The van der Waals surface area contributed by atoms with E-state index in [9.17, 15) is 14.0 Å². The molecule has 6 heteroatoms. The van der Waals surface area contributed by atoms with E-state index >= 15 is 0 Å². The zero-order valence-corrected chi connectivity index (χ0v) is 8.49. The predicted octanol–water partition coefficient (Wildman–Crippen LogP) is 2.09. The van der Waals surface area contributed by atoms with Crippen LogP contribution >= 0.6 is 0 Å². The molecule has 0 saturated heterocycles. The lowest BCUT2D eigenvalue weighted by atomic mass is 10.2. The Labute approximate surface area is 90.8 Å². The van der Waals surface area contributed by atoms with Gasteiger partial charge in [0.05, 0.1) is 12.2 Å². The van der Waals surface area contributed by atoms with Crippen LogP contribution in [-0.4, -0.2) is 23.8 Å². The van der Waals surface area contributed by atoms with Gasteiger partial charge in [0.25, 0.3) is 0 Å². The van der Waals surface area contributed by atoms with Gasteiger partial charge in [0.1, 0.15) is 5.82 Å². The summed E-state index contributed by atoms with van der Waals surface area (Å²) >= 11 is 0. The molecule has 86 valence electrons. The molecule has 5 nitrogen and oxygen atoms in total. The van der Waals surface area contributed by atoms with Gasteiger partial charge in [-0.3, -0.25) is 5.32 Å². The van der Waals surface area contributed by atoms with Gasteiger partial charge in [0.15, 0.2) is 0 Å². The Morgan fingerprint density at radius 3 is 2.69 bits per heavy atom. The zero-order chi connectivity index (χ0) is 12.1.